The largest absolute Gasteiger partial charge is 0.385 e. The van der Waals surface area contributed by atoms with Crippen molar-refractivity contribution in [1.82, 2.24) is 0 Å². The van der Waals surface area contributed by atoms with Crippen molar-refractivity contribution >= 4 is 22.4 Å². The Balaban J connectivity index is 2.08. The van der Waals surface area contributed by atoms with Crippen LogP contribution >= 0.6 is 0 Å². The van der Waals surface area contributed by atoms with Crippen LogP contribution in [0, 0.1) is 11.3 Å². The quantitative estimate of drug-likeness (QED) is 0.790. The summed E-state index contributed by atoms with van der Waals surface area (Å²) in [5.41, 5.74) is 6.80. The molecule has 0 aliphatic carbocycles. The van der Waals surface area contributed by atoms with Gasteiger partial charge in [0.2, 0.25) is 5.91 Å². The molecule has 0 saturated carbocycles. The molecule has 3 N–H and O–H groups in total. The van der Waals surface area contributed by atoms with Gasteiger partial charge < -0.3 is 11.1 Å². The maximum absolute atomic E-state index is 10.6. The second-order valence-electron chi connectivity index (χ2n) is 4.67. The van der Waals surface area contributed by atoms with Gasteiger partial charge >= 0.3 is 0 Å². The fraction of sp³-hybridized carbons (Fsp3) is 0.250. The molecular formula is C16H17N3O. The third kappa shape index (κ3) is 3.27. The van der Waals surface area contributed by atoms with E-state index in [9.17, 15) is 4.79 Å². The molecule has 2 aromatic rings. The van der Waals surface area contributed by atoms with Gasteiger partial charge in [-0.2, -0.15) is 5.26 Å². The highest BCUT2D eigenvalue weighted by atomic mass is 16.1. The van der Waals surface area contributed by atoms with Gasteiger partial charge in [0.15, 0.2) is 0 Å². The van der Waals surface area contributed by atoms with Crippen molar-refractivity contribution in [2.75, 3.05) is 11.9 Å². The van der Waals surface area contributed by atoms with Crippen molar-refractivity contribution in [2.24, 2.45) is 5.73 Å². The molecule has 20 heavy (non-hydrogen) atoms. The smallest absolute Gasteiger partial charge is 0.217 e. The Bertz CT molecular complexity index is 658. The minimum absolute atomic E-state index is 0.256. The number of carbonyl (C=O) groups is 1. The molecule has 0 spiro atoms. The number of fused-ring (bicyclic) bond motifs is 1. The van der Waals surface area contributed by atoms with Gasteiger partial charge in [0, 0.05) is 29.4 Å². The van der Waals surface area contributed by atoms with Gasteiger partial charge in [0.1, 0.15) is 0 Å². The fourth-order valence-corrected chi connectivity index (χ4v) is 2.20. The van der Waals surface area contributed by atoms with Crippen LogP contribution in [-0.4, -0.2) is 12.5 Å². The van der Waals surface area contributed by atoms with Crippen molar-refractivity contribution in [3.63, 3.8) is 0 Å². The average Bonchev–Trinajstić information content (AvgIpc) is 2.46. The van der Waals surface area contributed by atoms with Crippen LogP contribution < -0.4 is 11.1 Å². The number of rotatable bonds is 6. The van der Waals surface area contributed by atoms with Crippen LogP contribution in [0.3, 0.4) is 0 Å². The lowest BCUT2D eigenvalue weighted by molar-refractivity contribution is -0.118. The number of hydrogen-bond donors (Lipinski definition) is 2. The number of anilines is 1. The van der Waals surface area contributed by atoms with Gasteiger partial charge in [0.25, 0.3) is 0 Å². The number of amides is 1. The Kier molecular flexibility index (Phi) is 4.56. The van der Waals surface area contributed by atoms with E-state index in [2.05, 4.69) is 11.4 Å². The highest BCUT2D eigenvalue weighted by molar-refractivity contribution is 5.97. The number of nitrogens with one attached hydrogen (secondary N) is 1. The Morgan fingerprint density at radius 2 is 1.90 bits per heavy atom. The van der Waals surface area contributed by atoms with E-state index in [1.165, 1.54) is 0 Å². The molecule has 2 aromatic carbocycles. The first kappa shape index (κ1) is 13.9. The van der Waals surface area contributed by atoms with Crippen LogP contribution in [0.25, 0.3) is 10.8 Å². The van der Waals surface area contributed by atoms with Gasteiger partial charge in [-0.3, -0.25) is 4.79 Å². The molecule has 0 saturated heterocycles. The van der Waals surface area contributed by atoms with Gasteiger partial charge in [-0.25, -0.2) is 0 Å². The summed E-state index contributed by atoms with van der Waals surface area (Å²) in [5, 5.41) is 14.5. The molecule has 0 aliphatic heterocycles. The molecule has 0 aromatic heterocycles. The van der Waals surface area contributed by atoms with Crippen molar-refractivity contribution in [2.45, 2.75) is 19.3 Å². The molecule has 0 unspecified atom stereocenters. The Morgan fingerprint density at radius 3 is 2.60 bits per heavy atom. The highest BCUT2D eigenvalue weighted by Gasteiger charge is 2.04. The Labute approximate surface area is 118 Å². The number of unbranched alkanes of at least 4 members (excludes halogenated alkanes) is 1. The fourth-order valence-electron chi connectivity index (χ4n) is 2.20. The van der Waals surface area contributed by atoms with E-state index in [0.717, 1.165) is 35.8 Å². The predicted octanol–water partition coefficient (Wildman–Crippen LogP) is 2.78. The first-order valence-corrected chi connectivity index (χ1v) is 6.66. The van der Waals surface area contributed by atoms with Crippen molar-refractivity contribution in [3.8, 4) is 6.07 Å². The maximum atomic E-state index is 10.6. The molecule has 1 amide bonds. The lowest BCUT2D eigenvalue weighted by Gasteiger charge is -2.10. The third-order valence-electron chi connectivity index (χ3n) is 3.21. The molecule has 2 rings (SSSR count). The minimum Gasteiger partial charge on any atom is -0.385 e. The van der Waals surface area contributed by atoms with Crippen molar-refractivity contribution in [1.29, 1.82) is 5.26 Å². The molecule has 4 heteroatoms. The summed E-state index contributed by atoms with van der Waals surface area (Å²) in [6, 6.07) is 13.8. The van der Waals surface area contributed by atoms with E-state index in [1.54, 1.807) is 0 Å². The van der Waals surface area contributed by atoms with Gasteiger partial charge in [-0.1, -0.05) is 24.3 Å². The van der Waals surface area contributed by atoms with Crippen molar-refractivity contribution < 1.29 is 4.79 Å². The number of nitriles is 1. The molecule has 0 bridgehead atoms. The van der Waals surface area contributed by atoms with Crippen LogP contribution in [0.5, 0.6) is 0 Å². The van der Waals surface area contributed by atoms with Crippen LogP contribution in [0.1, 0.15) is 24.8 Å². The minimum atomic E-state index is -0.256. The normalized spacial score (nSPS) is 10.2. The van der Waals surface area contributed by atoms with Gasteiger partial charge in [-0.05, 0) is 25.0 Å². The molecule has 0 heterocycles. The predicted molar refractivity (Wildman–Crippen MR) is 80.2 cm³/mol. The molecule has 0 fully saturated rings. The number of carbonyl (C=O) groups excluding carboxylic acids is 1. The van der Waals surface area contributed by atoms with E-state index >= 15 is 0 Å². The van der Waals surface area contributed by atoms with Crippen LogP contribution in [-0.2, 0) is 4.79 Å². The van der Waals surface area contributed by atoms with E-state index < -0.39 is 0 Å². The number of nitrogens with zero attached hydrogens (tertiary/aromatic N) is 1. The summed E-state index contributed by atoms with van der Waals surface area (Å²) in [4.78, 5) is 10.6. The number of hydrogen-bond acceptors (Lipinski definition) is 3. The SMILES string of the molecule is N#Cc1ccc(NCCCCC(N)=O)c2ccccc12. The standard InChI is InChI=1S/C16H17N3O/c17-11-12-8-9-15(14-6-2-1-5-13(12)14)19-10-4-3-7-16(18)20/h1-2,5-6,8-9,19H,3-4,7,10H2,(H2,18,20). The van der Waals surface area contributed by atoms with Gasteiger partial charge in [-0.15, -0.1) is 0 Å². The molecule has 102 valence electrons. The van der Waals surface area contributed by atoms with Crippen molar-refractivity contribution in [3.05, 3.63) is 42.0 Å². The summed E-state index contributed by atoms with van der Waals surface area (Å²) < 4.78 is 0. The van der Waals surface area contributed by atoms with E-state index in [-0.39, 0.29) is 5.91 Å². The number of benzene rings is 2. The highest BCUT2D eigenvalue weighted by Crippen LogP contribution is 2.26. The lowest BCUT2D eigenvalue weighted by atomic mass is 10.0. The summed E-state index contributed by atoms with van der Waals surface area (Å²) in [6.07, 6.45) is 2.10. The van der Waals surface area contributed by atoms with E-state index in [0.29, 0.717) is 12.0 Å². The summed E-state index contributed by atoms with van der Waals surface area (Å²) in [7, 11) is 0. The summed E-state index contributed by atoms with van der Waals surface area (Å²) >= 11 is 0. The lowest BCUT2D eigenvalue weighted by Crippen LogP contribution is -2.11. The van der Waals surface area contributed by atoms with E-state index in [4.69, 9.17) is 11.0 Å². The molecule has 0 radical (unpaired) electrons. The third-order valence-corrected chi connectivity index (χ3v) is 3.21. The summed E-state index contributed by atoms with van der Waals surface area (Å²) in [5.74, 6) is -0.256. The van der Waals surface area contributed by atoms with Crippen LogP contribution in [0.2, 0.25) is 0 Å². The monoisotopic (exact) mass is 267 g/mol. The molecule has 0 aliphatic rings. The number of primary amides is 1. The first-order valence-electron chi connectivity index (χ1n) is 6.66. The van der Waals surface area contributed by atoms with E-state index in [1.807, 2.05) is 36.4 Å². The number of nitrogens with two attached hydrogens (primary N) is 1. The van der Waals surface area contributed by atoms with Crippen LogP contribution in [0.15, 0.2) is 36.4 Å². The van der Waals surface area contributed by atoms with Gasteiger partial charge in [0.05, 0.1) is 11.6 Å². The van der Waals surface area contributed by atoms with Crippen LogP contribution in [0.4, 0.5) is 5.69 Å². The zero-order chi connectivity index (χ0) is 14.4. The zero-order valence-electron chi connectivity index (χ0n) is 11.2. The second-order valence-corrected chi connectivity index (χ2v) is 4.67. The maximum Gasteiger partial charge on any atom is 0.217 e. The molecular weight excluding hydrogens is 250 g/mol. The molecule has 4 nitrogen and oxygen atoms in total. The Hall–Kier alpha value is -2.54. The Morgan fingerprint density at radius 1 is 1.15 bits per heavy atom. The summed E-state index contributed by atoms with van der Waals surface area (Å²) in [6.45, 7) is 0.781. The topological polar surface area (TPSA) is 78.9 Å². The average molecular weight is 267 g/mol. The zero-order valence-corrected chi connectivity index (χ0v) is 11.2. The molecule has 0 atom stereocenters. The second kappa shape index (κ2) is 6.58. The first-order chi connectivity index (χ1) is 9.72.